The second-order valence-electron chi connectivity index (χ2n) is 5.00. The SMILES string of the molecule is CC.CC.[Y].[c-]1ccc(OCC2CO2)cc1.[c-]1ccc(OCC2CO2)cc1. The third-order valence-electron chi connectivity index (χ3n) is 3.05. The molecule has 4 nitrogen and oxygen atoms in total. The Morgan fingerprint density at radius 3 is 1.30 bits per heavy atom. The fourth-order valence-corrected chi connectivity index (χ4v) is 1.64. The second-order valence-corrected chi connectivity index (χ2v) is 5.00. The van der Waals surface area contributed by atoms with Crippen molar-refractivity contribution < 1.29 is 51.7 Å². The molecule has 0 spiro atoms. The standard InChI is InChI=1S/2C9H9O2.2C2H6.Y/c2*1-2-4-8(5-3-1)10-6-9-7-11-9;2*1-2;/h2*2-5,9H,6-7H2;2*1-2H3;/q2*-1;;;. The summed E-state index contributed by atoms with van der Waals surface area (Å²) in [7, 11) is 0. The van der Waals surface area contributed by atoms with Crippen molar-refractivity contribution in [3.05, 3.63) is 60.7 Å². The molecule has 2 fully saturated rings. The minimum absolute atomic E-state index is 0. The molecule has 0 bridgehead atoms. The van der Waals surface area contributed by atoms with E-state index in [1.54, 1.807) is 0 Å². The molecule has 0 N–H and O–H groups in total. The van der Waals surface area contributed by atoms with E-state index >= 15 is 0 Å². The van der Waals surface area contributed by atoms with Crippen molar-refractivity contribution in [2.75, 3.05) is 26.4 Å². The maximum absolute atomic E-state index is 5.38. The average molecular weight is 447 g/mol. The number of benzene rings is 2. The van der Waals surface area contributed by atoms with Crippen LogP contribution in [-0.2, 0) is 42.2 Å². The Morgan fingerprint density at radius 2 is 1.04 bits per heavy atom. The molecule has 2 aliphatic rings. The second kappa shape index (κ2) is 17.2. The largest absolute Gasteiger partial charge is 0.516 e. The van der Waals surface area contributed by atoms with Gasteiger partial charge in [-0.2, -0.15) is 36.4 Å². The first kappa shape index (κ1) is 26.1. The fourth-order valence-electron chi connectivity index (χ4n) is 1.64. The van der Waals surface area contributed by atoms with E-state index in [0.29, 0.717) is 25.4 Å². The van der Waals surface area contributed by atoms with Gasteiger partial charge in [0.05, 0.1) is 13.2 Å². The summed E-state index contributed by atoms with van der Waals surface area (Å²) in [5.41, 5.74) is 0. The predicted octanol–water partition coefficient (Wildman–Crippen LogP) is 4.58. The van der Waals surface area contributed by atoms with E-state index in [2.05, 4.69) is 12.1 Å². The number of ether oxygens (including phenoxy) is 4. The molecule has 2 unspecified atom stereocenters. The van der Waals surface area contributed by atoms with Crippen molar-refractivity contribution in [3.63, 3.8) is 0 Å². The zero-order valence-corrected chi connectivity index (χ0v) is 19.7. The van der Waals surface area contributed by atoms with Gasteiger partial charge in [0.25, 0.3) is 0 Å². The number of rotatable bonds is 6. The van der Waals surface area contributed by atoms with Crippen LogP contribution in [0.25, 0.3) is 0 Å². The van der Waals surface area contributed by atoms with E-state index in [0.717, 1.165) is 24.7 Å². The molecular formula is C22H30O4Y-2. The van der Waals surface area contributed by atoms with Gasteiger partial charge in [-0.05, 0) is 0 Å². The van der Waals surface area contributed by atoms with Gasteiger partial charge in [0.15, 0.2) is 0 Å². The summed E-state index contributed by atoms with van der Waals surface area (Å²) in [4.78, 5) is 0. The molecule has 27 heavy (non-hydrogen) atoms. The van der Waals surface area contributed by atoms with E-state index in [-0.39, 0.29) is 32.7 Å². The average Bonchev–Trinajstić information content (AvgIpc) is 3.65. The van der Waals surface area contributed by atoms with E-state index < -0.39 is 0 Å². The van der Waals surface area contributed by atoms with Gasteiger partial charge in [-0.25, -0.2) is 0 Å². The molecule has 2 aromatic rings. The first-order valence-corrected chi connectivity index (χ1v) is 9.31. The molecule has 0 amide bonds. The van der Waals surface area contributed by atoms with Crippen molar-refractivity contribution >= 4 is 0 Å². The first-order valence-electron chi connectivity index (χ1n) is 9.31. The summed E-state index contributed by atoms with van der Waals surface area (Å²) in [5.74, 6) is 1.78. The molecule has 0 aliphatic carbocycles. The van der Waals surface area contributed by atoms with Crippen LogP contribution < -0.4 is 9.47 Å². The molecule has 147 valence electrons. The first-order chi connectivity index (χ1) is 12.9. The minimum Gasteiger partial charge on any atom is -0.516 e. The van der Waals surface area contributed by atoms with Crippen LogP contribution in [0.4, 0.5) is 0 Å². The van der Waals surface area contributed by atoms with Crippen molar-refractivity contribution in [2.24, 2.45) is 0 Å². The van der Waals surface area contributed by atoms with Crippen LogP contribution in [0.2, 0.25) is 0 Å². The maximum atomic E-state index is 5.38. The van der Waals surface area contributed by atoms with Crippen molar-refractivity contribution in [1.82, 2.24) is 0 Å². The van der Waals surface area contributed by atoms with Crippen LogP contribution in [0.3, 0.4) is 0 Å². The third-order valence-corrected chi connectivity index (χ3v) is 3.05. The van der Waals surface area contributed by atoms with Gasteiger partial charge < -0.3 is 18.9 Å². The van der Waals surface area contributed by atoms with Crippen LogP contribution in [0.1, 0.15) is 27.7 Å². The van der Waals surface area contributed by atoms with Gasteiger partial charge in [-0.1, -0.05) is 27.7 Å². The summed E-state index contributed by atoms with van der Waals surface area (Å²) in [5, 5.41) is 0. The topological polar surface area (TPSA) is 43.5 Å². The number of epoxide rings is 2. The fraction of sp³-hybridized carbons (Fsp3) is 0.455. The molecule has 5 heteroatoms. The quantitative estimate of drug-likeness (QED) is 0.481. The van der Waals surface area contributed by atoms with E-state index in [4.69, 9.17) is 18.9 Å². The van der Waals surface area contributed by atoms with Gasteiger partial charge in [0.2, 0.25) is 0 Å². The van der Waals surface area contributed by atoms with Crippen LogP contribution in [-0.4, -0.2) is 38.6 Å². The molecule has 2 atom stereocenters. The van der Waals surface area contributed by atoms with Crippen LogP contribution >= 0.6 is 0 Å². The van der Waals surface area contributed by atoms with E-state index in [1.165, 1.54) is 0 Å². The molecule has 4 rings (SSSR count). The Kier molecular flexibility index (Phi) is 16.6. The molecule has 0 aromatic heterocycles. The van der Waals surface area contributed by atoms with Crippen molar-refractivity contribution in [1.29, 1.82) is 0 Å². The Balaban J connectivity index is 0.000000411. The van der Waals surface area contributed by atoms with Crippen molar-refractivity contribution in [2.45, 2.75) is 39.9 Å². The zero-order valence-electron chi connectivity index (χ0n) is 16.8. The zero-order chi connectivity index (χ0) is 19.0. The van der Waals surface area contributed by atoms with E-state index in [1.807, 2.05) is 76.2 Å². The Morgan fingerprint density at radius 1 is 0.741 bits per heavy atom. The molecule has 2 aromatic carbocycles. The van der Waals surface area contributed by atoms with Gasteiger partial charge in [-0.3, -0.25) is 0 Å². The summed E-state index contributed by atoms with van der Waals surface area (Å²) in [6.45, 7) is 11.0. The van der Waals surface area contributed by atoms with Crippen LogP contribution in [0, 0.1) is 12.1 Å². The number of hydrogen-bond acceptors (Lipinski definition) is 4. The minimum atomic E-state index is 0. The van der Waals surface area contributed by atoms with Crippen molar-refractivity contribution in [3.8, 4) is 11.5 Å². The van der Waals surface area contributed by atoms with E-state index in [9.17, 15) is 0 Å². The number of hydrogen-bond donors (Lipinski definition) is 0. The molecule has 1 radical (unpaired) electrons. The van der Waals surface area contributed by atoms with Crippen LogP contribution in [0.5, 0.6) is 11.5 Å². The van der Waals surface area contributed by atoms with Gasteiger partial charge in [0, 0.05) is 44.2 Å². The summed E-state index contributed by atoms with van der Waals surface area (Å²) >= 11 is 0. The molecule has 2 saturated heterocycles. The summed E-state index contributed by atoms with van der Waals surface area (Å²) in [6.07, 6.45) is 0.665. The summed E-state index contributed by atoms with van der Waals surface area (Å²) in [6, 6.07) is 20.8. The van der Waals surface area contributed by atoms with Gasteiger partial charge in [0.1, 0.15) is 25.4 Å². The Labute approximate surface area is 189 Å². The smallest absolute Gasteiger partial charge is 0.115 e. The Hall–Kier alpha value is -0.936. The van der Waals surface area contributed by atoms with Crippen LogP contribution in [0.15, 0.2) is 48.5 Å². The maximum Gasteiger partial charge on any atom is 0.115 e. The molecular weight excluding hydrogens is 417 g/mol. The molecule has 2 aliphatic heterocycles. The summed E-state index contributed by atoms with van der Waals surface area (Å²) < 4.78 is 20.8. The van der Waals surface area contributed by atoms with Gasteiger partial charge >= 0.3 is 0 Å². The molecule has 0 saturated carbocycles. The predicted molar refractivity (Wildman–Crippen MR) is 104 cm³/mol. The van der Waals surface area contributed by atoms with Gasteiger partial charge in [-0.15, -0.1) is 24.3 Å². The normalized spacial score (nSPS) is 17.8. The Bertz CT molecular complexity index is 491. The molecule has 2 heterocycles. The third kappa shape index (κ3) is 13.8. The monoisotopic (exact) mass is 447 g/mol.